The number of carboxylic acids is 1. The predicted octanol–water partition coefficient (Wildman–Crippen LogP) is 1.51. The van der Waals surface area contributed by atoms with E-state index in [0.29, 0.717) is 17.0 Å². The Labute approximate surface area is 94.0 Å². The van der Waals surface area contributed by atoms with Gasteiger partial charge in [-0.3, -0.25) is 4.99 Å². The van der Waals surface area contributed by atoms with E-state index in [9.17, 15) is 4.79 Å². The number of benzene rings is 1. The summed E-state index contributed by atoms with van der Waals surface area (Å²) in [6.45, 7) is 1.61. The summed E-state index contributed by atoms with van der Waals surface area (Å²) in [5.41, 5.74) is 0.979. The fourth-order valence-corrected chi connectivity index (χ4v) is 1.75. The molecule has 0 radical (unpaired) electrons. The maximum atomic E-state index is 11.1. The van der Waals surface area contributed by atoms with Gasteiger partial charge >= 0.3 is 5.97 Å². The van der Waals surface area contributed by atoms with Gasteiger partial charge in [0, 0.05) is 18.7 Å². The van der Waals surface area contributed by atoms with Gasteiger partial charge < -0.3 is 10.4 Å². The first-order valence-electron chi connectivity index (χ1n) is 5.40. The van der Waals surface area contributed by atoms with Crippen LogP contribution in [-0.2, 0) is 0 Å². The number of aromatic carboxylic acids is 1. The molecule has 4 heteroatoms. The standard InChI is InChI=1S/C12H14N2O2/c15-12(16)10-6-2-1-5-9(10)11-13-7-3-4-8-14-11/h1-2,5-6H,3-4,7-8H2,(H,13,14)(H,15,16). The van der Waals surface area contributed by atoms with Gasteiger partial charge in [-0.15, -0.1) is 0 Å². The van der Waals surface area contributed by atoms with Crippen molar-refractivity contribution in [1.82, 2.24) is 5.32 Å². The molecule has 1 aliphatic rings. The Kier molecular flexibility index (Phi) is 3.19. The van der Waals surface area contributed by atoms with Gasteiger partial charge in [0.05, 0.1) is 5.56 Å². The molecule has 16 heavy (non-hydrogen) atoms. The molecule has 84 valence electrons. The van der Waals surface area contributed by atoms with Crippen LogP contribution in [0.2, 0.25) is 0 Å². The first-order chi connectivity index (χ1) is 7.79. The molecule has 0 saturated heterocycles. The molecule has 0 unspecified atom stereocenters. The molecular formula is C12H14N2O2. The molecule has 0 saturated carbocycles. The van der Waals surface area contributed by atoms with Gasteiger partial charge in [0.1, 0.15) is 5.84 Å². The zero-order chi connectivity index (χ0) is 11.4. The topological polar surface area (TPSA) is 61.7 Å². The van der Waals surface area contributed by atoms with Gasteiger partial charge in [0.25, 0.3) is 0 Å². The highest BCUT2D eigenvalue weighted by Gasteiger charge is 2.14. The van der Waals surface area contributed by atoms with Crippen molar-refractivity contribution >= 4 is 11.8 Å². The third kappa shape index (κ3) is 2.21. The summed E-state index contributed by atoms with van der Waals surface area (Å²) in [4.78, 5) is 15.4. The lowest BCUT2D eigenvalue weighted by molar-refractivity contribution is 0.0696. The van der Waals surface area contributed by atoms with E-state index in [1.807, 2.05) is 6.07 Å². The molecular weight excluding hydrogens is 204 g/mol. The van der Waals surface area contributed by atoms with Crippen LogP contribution in [-0.4, -0.2) is 30.0 Å². The van der Waals surface area contributed by atoms with Crippen molar-refractivity contribution in [3.8, 4) is 0 Å². The van der Waals surface area contributed by atoms with Gasteiger partial charge in [-0.2, -0.15) is 0 Å². The summed E-state index contributed by atoms with van der Waals surface area (Å²) >= 11 is 0. The van der Waals surface area contributed by atoms with E-state index in [4.69, 9.17) is 5.11 Å². The van der Waals surface area contributed by atoms with Crippen LogP contribution in [0.15, 0.2) is 29.3 Å². The van der Waals surface area contributed by atoms with E-state index in [2.05, 4.69) is 10.3 Å². The predicted molar refractivity (Wildman–Crippen MR) is 62.0 cm³/mol. The molecule has 1 aliphatic heterocycles. The summed E-state index contributed by atoms with van der Waals surface area (Å²) < 4.78 is 0. The second-order valence-corrected chi connectivity index (χ2v) is 3.71. The van der Waals surface area contributed by atoms with Crippen molar-refractivity contribution in [2.45, 2.75) is 12.8 Å². The average Bonchev–Trinajstić information content (AvgIpc) is 2.57. The first kappa shape index (κ1) is 10.7. The lowest BCUT2D eigenvalue weighted by Crippen LogP contribution is -2.26. The van der Waals surface area contributed by atoms with Crippen LogP contribution in [0.4, 0.5) is 0 Å². The van der Waals surface area contributed by atoms with Crippen molar-refractivity contribution < 1.29 is 9.90 Å². The number of carbonyl (C=O) groups is 1. The average molecular weight is 218 g/mol. The third-order valence-corrected chi connectivity index (χ3v) is 2.56. The van der Waals surface area contributed by atoms with E-state index < -0.39 is 5.97 Å². The highest BCUT2D eigenvalue weighted by molar-refractivity contribution is 6.07. The van der Waals surface area contributed by atoms with Gasteiger partial charge in [-0.05, 0) is 18.9 Å². The fraction of sp³-hybridized carbons (Fsp3) is 0.333. The van der Waals surface area contributed by atoms with Crippen molar-refractivity contribution in [1.29, 1.82) is 0 Å². The van der Waals surface area contributed by atoms with Gasteiger partial charge in [-0.1, -0.05) is 18.2 Å². The highest BCUT2D eigenvalue weighted by atomic mass is 16.4. The minimum atomic E-state index is -0.913. The largest absolute Gasteiger partial charge is 0.478 e. The molecule has 1 aromatic carbocycles. The third-order valence-electron chi connectivity index (χ3n) is 2.56. The zero-order valence-electron chi connectivity index (χ0n) is 8.94. The Morgan fingerprint density at radius 2 is 2.12 bits per heavy atom. The number of hydrogen-bond acceptors (Lipinski definition) is 3. The second-order valence-electron chi connectivity index (χ2n) is 3.71. The quantitative estimate of drug-likeness (QED) is 0.791. The Bertz CT molecular complexity index is 427. The maximum Gasteiger partial charge on any atom is 0.336 e. The molecule has 2 N–H and O–H groups in total. The molecule has 0 spiro atoms. The zero-order valence-corrected chi connectivity index (χ0v) is 8.94. The number of carboxylic acid groups (broad SMARTS) is 1. The molecule has 1 heterocycles. The van der Waals surface area contributed by atoms with Crippen molar-refractivity contribution in [3.63, 3.8) is 0 Å². The number of hydrogen-bond donors (Lipinski definition) is 2. The van der Waals surface area contributed by atoms with Crippen LogP contribution >= 0.6 is 0 Å². The number of rotatable bonds is 2. The van der Waals surface area contributed by atoms with E-state index in [0.717, 1.165) is 25.9 Å². The first-order valence-corrected chi connectivity index (χ1v) is 5.40. The summed E-state index contributed by atoms with van der Waals surface area (Å²) in [6.07, 6.45) is 2.12. The lowest BCUT2D eigenvalue weighted by atomic mass is 10.1. The van der Waals surface area contributed by atoms with Crippen LogP contribution in [0.25, 0.3) is 0 Å². The molecule has 0 atom stereocenters. The summed E-state index contributed by atoms with van der Waals surface area (Å²) in [6, 6.07) is 6.95. The minimum Gasteiger partial charge on any atom is -0.478 e. The summed E-state index contributed by atoms with van der Waals surface area (Å²) in [5, 5.41) is 12.3. The Balaban J connectivity index is 2.38. The van der Waals surface area contributed by atoms with E-state index in [-0.39, 0.29) is 0 Å². The smallest absolute Gasteiger partial charge is 0.336 e. The number of nitrogens with one attached hydrogen (secondary N) is 1. The summed E-state index contributed by atoms with van der Waals surface area (Å²) in [7, 11) is 0. The number of aliphatic imine (C=N–C) groups is 1. The molecule has 4 nitrogen and oxygen atoms in total. The molecule has 1 aromatic rings. The summed E-state index contributed by atoms with van der Waals surface area (Å²) in [5.74, 6) is -0.208. The van der Waals surface area contributed by atoms with Crippen LogP contribution < -0.4 is 5.32 Å². The Hall–Kier alpha value is -1.84. The molecule has 0 aromatic heterocycles. The Morgan fingerprint density at radius 1 is 1.31 bits per heavy atom. The van der Waals surface area contributed by atoms with Crippen LogP contribution in [0, 0.1) is 0 Å². The van der Waals surface area contributed by atoms with E-state index >= 15 is 0 Å². The van der Waals surface area contributed by atoms with Gasteiger partial charge in [-0.25, -0.2) is 4.79 Å². The SMILES string of the molecule is O=C(O)c1ccccc1C1=NCCCCN1. The molecule has 2 rings (SSSR count). The van der Waals surface area contributed by atoms with Crippen LogP contribution in [0.5, 0.6) is 0 Å². The molecule has 0 amide bonds. The van der Waals surface area contributed by atoms with Crippen molar-refractivity contribution in [2.75, 3.05) is 13.1 Å². The van der Waals surface area contributed by atoms with Crippen molar-refractivity contribution in [2.24, 2.45) is 4.99 Å². The minimum absolute atomic E-state index is 0.302. The van der Waals surface area contributed by atoms with Crippen LogP contribution in [0.3, 0.4) is 0 Å². The fourth-order valence-electron chi connectivity index (χ4n) is 1.75. The Morgan fingerprint density at radius 3 is 2.94 bits per heavy atom. The van der Waals surface area contributed by atoms with Gasteiger partial charge in [0.2, 0.25) is 0 Å². The number of amidine groups is 1. The lowest BCUT2D eigenvalue weighted by Gasteiger charge is -2.09. The highest BCUT2D eigenvalue weighted by Crippen LogP contribution is 2.11. The van der Waals surface area contributed by atoms with Crippen molar-refractivity contribution in [3.05, 3.63) is 35.4 Å². The molecule has 0 fully saturated rings. The maximum absolute atomic E-state index is 11.1. The second kappa shape index (κ2) is 4.79. The van der Waals surface area contributed by atoms with E-state index in [1.165, 1.54) is 0 Å². The normalized spacial score (nSPS) is 15.9. The van der Waals surface area contributed by atoms with Crippen LogP contribution in [0.1, 0.15) is 28.8 Å². The number of nitrogens with zero attached hydrogens (tertiary/aromatic N) is 1. The van der Waals surface area contributed by atoms with E-state index in [1.54, 1.807) is 18.2 Å². The van der Waals surface area contributed by atoms with Gasteiger partial charge in [0.15, 0.2) is 0 Å². The molecule has 0 bridgehead atoms. The monoisotopic (exact) mass is 218 g/mol. The molecule has 0 aliphatic carbocycles.